The van der Waals surface area contributed by atoms with E-state index in [1.807, 2.05) is 6.92 Å². The van der Waals surface area contributed by atoms with Crippen LogP contribution in [0.15, 0.2) is 12.4 Å². The summed E-state index contributed by atoms with van der Waals surface area (Å²) in [5.41, 5.74) is 1.55. The van der Waals surface area contributed by atoms with Crippen molar-refractivity contribution in [2.45, 2.75) is 38.2 Å². The first-order valence-corrected chi connectivity index (χ1v) is 4.68. The van der Waals surface area contributed by atoms with E-state index in [1.54, 1.807) is 12.4 Å². The van der Waals surface area contributed by atoms with E-state index in [-0.39, 0.29) is 5.60 Å². The van der Waals surface area contributed by atoms with Gasteiger partial charge in [-0.05, 0) is 32.6 Å². The molecule has 2 rings (SSSR count). The highest BCUT2D eigenvalue weighted by Gasteiger charge is 2.39. The first kappa shape index (κ1) is 8.63. The molecule has 1 heterocycles. The number of hydrogen-bond donors (Lipinski definition) is 1. The molecular formula is C10H14N2O. The maximum atomic E-state index is 9.60. The molecule has 13 heavy (non-hydrogen) atoms. The van der Waals surface area contributed by atoms with Gasteiger partial charge in [-0.25, -0.2) is 0 Å². The highest BCUT2D eigenvalue weighted by Crippen LogP contribution is 2.38. The van der Waals surface area contributed by atoms with Crippen molar-refractivity contribution in [3.05, 3.63) is 23.8 Å². The summed E-state index contributed by atoms with van der Waals surface area (Å²) in [7, 11) is 0. The van der Waals surface area contributed by atoms with Crippen molar-refractivity contribution in [3.8, 4) is 0 Å². The molecule has 0 spiro atoms. The third kappa shape index (κ3) is 2.25. The van der Waals surface area contributed by atoms with Crippen LogP contribution in [0, 0.1) is 6.92 Å². The van der Waals surface area contributed by atoms with Crippen molar-refractivity contribution >= 4 is 0 Å². The van der Waals surface area contributed by atoms with E-state index >= 15 is 0 Å². The standard InChI is InChI=1S/C10H14N2O/c1-8-6-12-9(7-11-8)2-3-10(13)4-5-10/h6-7,13H,2-5H2,1H3. The largest absolute Gasteiger partial charge is 0.390 e. The van der Waals surface area contributed by atoms with Crippen LogP contribution in [0.5, 0.6) is 0 Å². The van der Waals surface area contributed by atoms with E-state index < -0.39 is 0 Å². The van der Waals surface area contributed by atoms with Crippen molar-refractivity contribution in [3.63, 3.8) is 0 Å². The minimum absolute atomic E-state index is 0.368. The Hall–Kier alpha value is -0.960. The third-order valence-corrected chi connectivity index (χ3v) is 2.51. The Morgan fingerprint density at radius 3 is 2.69 bits per heavy atom. The van der Waals surface area contributed by atoms with Crippen LogP contribution >= 0.6 is 0 Å². The van der Waals surface area contributed by atoms with Crippen LogP contribution in [0.1, 0.15) is 30.7 Å². The predicted octanol–water partition coefficient (Wildman–Crippen LogP) is 1.24. The maximum absolute atomic E-state index is 9.60. The van der Waals surface area contributed by atoms with Gasteiger partial charge in [-0.3, -0.25) is 9.97 Å². The predicted molar refractivity (Wildman–Crippen MR) is 49.3 cm³/mol. The topological polar surface area (TPSA) is 46.0 Å². The Bertz CT molecular complexity index is 290. The van der Waals surface area contributed by atoms with E-state index in [9.17, 15) is 5.11 Å². The molecule has 0 saturated heterocycles. The molecule has 1 aliphatic carbocycles. The van der Waals surface area contributed by atoms with Crippen LogP contribution in [0.2, 0.25) is 0 Å². The molecule has 3 nitrogen and oxygen atoms in total. The van der Waals surface area contributed by atoms with Crippen LogP contribution in [-0.2, 0) is 6.42 Å². The molecule has 1 aromatic rings. The van der Waals surface area contributed by atoms with Gasteiger partial charge >= 0.3 is 0 Å². The highest BCUT2D eigenvalue weighted by atomic mass is 16.3. The molecule has 0 atom stereocenters. The third-order valence-electron chi connectivity index (χ3n) is 2.51. The lowest BCUT2D eigenvalue weighted by Crippen LogP contribution is -2.08. The summed E-state index contributed by atoms with van der Waals surface area (Å²) in [6, 6.07) is 0. The van der Waals surface area contributed by atoms with Crippen LogP contribution < -0.4 is 0 Å². The van der Waals surface area contributed by atoms with Gasteiger partial charge in [-0.1, -0.05) is 0 Å². The fourth-order valence-corrected chi connectivity index (χ4v) is 1.30. The van der Waals surface area contributed by atoms with Crippen LogP contribution in [0.25, 0.3) is 0 Å². The van der Waals surface area contributed by atoms with Gasteiger partial charge in [0.2, 0.25) is 0 Å². The normalized spacial score (nSPS) is 18.6. The maximum Gasteiger partial charge on any atom is 0.0653 e. The lowest BCUT2D eigenvalue weighted by molar-refractivity contribution is 0.140. The average Bonchev–Trinajstić information content (AvgIpc) is 2.84. The molecule has 1 aromatic heterocycles. The molecular weight excluding hydrogens is 164 g/mol. The highest BCUT2D eigenvalue weighted by molar-refractivity contribution is 5.03. The molecule has 1 fully saturated rings. The van der Waals surface area contributed by atoms with Crippen molar-refractivity contribution in [1.29, 1.82) is 0 Å². The van der Waals surface area contributed by atoms with E-state index in [2.05, 4.69) is 9.97 Å². The summed E-state index contributed by atoms with van der Waals surface area (Å²) in [6.07, 6.45) is 7.13. The zero-order valence-corrected chi connectivity index (χ0v) is 7.82. The summed E-state index contributed by atoms with van der Waals surface area (Å²) in [5, 5.41) is 9.60. The van der Waals surface area contributed by atoms with Crippen molar-refractivity contribution in [2.75, 3.05) is 0 Å². The van der Waals surface area contributed by atoms with Gasteiger partial charge < -0.3 is 5.11 Å². The molecule has 0 aromatic carbocycles. The van der Waals surface area contributed by atoms with Gasteiger partial charge in [0.25, 0.3) is 0 Å². The zero-order chi connectivity index (χ0) is 9.31. The van der Waals surface area contributed by atoms with E-state index in [4.69, 9.17) is 0 Å². The van der Waals surface area contributed by atoms with Crippen molar-refractivity contribution in [1.82, 2.24) is 9.97 Å². The molecule has 0 radical (unpaired) electrons. The van der Waals surface area contributed by atoms with E-state index in [0.29, 0.717) is 0 Å². The SMILES string of the molecule is Cc1cnc(CCC2(O)CC2)cn1. The average molecular weight is 178 g/mol. The fourth-order valence-electron chi connectivity index (χ4n) is 1.30. The number of aliphatic hydroxyl groups is 1. The fraction of sp³-hybridized carbons (Fsp3) is 0.600. The summed E-state index contributed by atoms with van der Waals surface area (Å²) >= 11 is 0. The Balaban J connectivity index is 1.91. The Labute approximate surface area is 77.8 Å². The van der Waals surface area contributed by atoms with Gasteiger partial charge in [-0.2, -0.15) is 0 Å². The minimum atomic E-state index is -0.368. The number of hydrogen-bond acceptors (Lipinski definition) is 3. The summed E-state index contributed by atoms with van der Waals surface area (Å²) in [6.45, 7) is 1.92. The van der Waals surface area contributed by atoms with Crippen LogP contribution in [0.4, 0.5) is 0 Å². The second kappa shape index (κ2) is 3.07. The number of nitrogens with zero attached hydrogens (tertiary/aromatic N) is 2. The Morgan fingerprint density at radius 1 is 1.38 bits per heavy atom. The van der Waals surface area contributed by atoms with Crippen LogP contribution in [0.3, 0.4) is 0 Å². The quantitative estimate of drug-likeness (QED) is 0.757. The molecule has 3 heteroatoms. The Morgan fingerprint density at radius 2 is 2.15 bits per heavy atom. The minimum Gasteiger partial charge on any atom is -0.390 e. The van der Waals surface area contributed by atoms with Crippen molar-refractivity contribution in [2.24, 2.45) is 0 Å². The van der Waals surface area contributed by atoms with Gasteiger partial charge in [0.05, 0.1) is 17.0 Å². The van der Waals surface area contributed by atoms with Gasteiger partial charge in [0.1, 0.15) is 0 Å². The molecule has 0 amide bonds. The van der Waals surface area contributed by atoms with Crippen molar-refractivity contribution < 1.29 is 5.11 Å². The molecule has 0 aliphatic heterocycles. The first-order valence-electron chi connectivity index (χ1n) is 4.68. The van der Waals surface area contributed by atoms with E-state index in [1.165, 1.54) is 0 Å². The summed E-state index contributed by atoms with van der Waals surface area (Å²) in [4.78, 5) is 8.39. The summed E-state index contributed by atoms with van der Waals surface area (Å²) in [5.74, 6) is 0. The first-order chi connectivity index (χ1) is 6.18. The van der Waals surface area contributed by atoms with E-state index in [0.717, 1.165) is 37.1 Å². The molecule has 1 N–H and O–H groups in total. The monoisotopic (exact) mass is 178 g/mol. The second-order valence-corrected chi connectivity index (χ2v) is 3.87. The van der Waals surface area contributed by atoms with Gasteiger partial charge in [0.15, 0.2) is 0 Å². The van der Waals surface area contributed by atoms with Crippen LogP contribution in [-0.4, -0.2) is 20.7 Å². The van der Waals surface area contributed by atoms with Gasteiger partial charge in [-0.15, -0.1) is 0 Å². The number of aromatic nitrogens is 2. The number of rotatable bonds is 3. The summed E-state index contributed by atoms with van der Waals surface area (Å²) < 4.78 is 0. The molecule has 70 valence electrons. The molecule has 1 saturated carbocycles. The Kier molecular flexibility index (Phi) is 2.04. The zero-order valence-electron chi connectivity index (χ0n) is 7.82. The second-order valence-electron chi connectivity index (χ2n) is 3.87. The smallest absolute Gasteiger partial charge is 0.0653 e. The molecule has 0 bridgehead atoms. The number of aryl methyl sites for hydroxylation is 2. The lowest BCUT2D eigenvalue weighted by Gasteiger charge is -2.05. The molecule has 1 aliphatic rings. The molecule has 0 unspecified atom stereocenters. The van der Waals surface area contributed by atoms with Gasteiger partial charge in [0, 0.05) is 12.4 Å². The lowest BCUT2D eigenvalue weighted by atomic mass is 10.1.